The molecule has 6 heteroatoms. The van der Waals surface area contributed by atoms with Gasteiger partial charge in [-0.15, -0.1) is 0 Å². The third-order valence-corrected chi connectivity index (χ3v) is 5.33. The number of nitrogens with two attached hydrogens (primary N) is 1. The molecule has 0 bridgehead atoms. The van der Waals surface area contributed by atoms with E-state index in [4.69, 9.17) is 5.73 Å². The second kappa shape index (κ2) is 4.77. The van der Waals surface area contributed by atoms with E-state index in [0.29, 0.717) is 5.92 Å². The molecule has 5 nitrogen and oxygen atoms in total. The Bertz CT molecular complexity index is 546. The van der Waals surface area contributed by atoms with Gasteiger partial charge in [-0.1, -0.05) is 13.8 Å². The summed E-state index contributed by atoms with van der Waals surface area (Å²) in [6.07, 6.45) is 0. The molecule has 0 atom stereocenters. The number of nitrogens with zero attached hydrogens (tertiary/aromatic N) is 1. The van der Waals surface area contributed by atoms with E-state index in [1.54, 1.807) is 12.1 Å². The first-order valence-electron chi connectivity index (χ1n) is 6.36. The first kappa shape index (κ1) is 14.3. The largest absolute Gasteiger partial charge is 0.368 e. The lowest BCUT2D eigenvalue weighted by molar-refractivity contribution is 0.245. The molecule has 0 amide bonds. The zero-order valence-corrected chi connectivity index (χ0v) is 12.4. The smallest absolute Gasteiger partial charge is 0.240 e. The number of hydrogen-bond donors (Lipinski definition) is 2. The third-order valence-electron chi connectivity index (χ3n) is 3.90. The summed E-state index contributed by atoms with van der Waals surface area (Å²) in [7, 11) is -1.95. The van der Waals surface area contributed by atoms with Gasteiger partial charge in [0.2, 0.25) is 10.0 Å². The highest BCUT2D eigenvalue weighted by Gasteiger charge is 2.41. The van der Waals surface area contributed by atoms with Crippen LogP contribution in [-0.4, -0.2) is 34.1 Å². The molecule has 1 aliphatic rings. The first-order valence-corrected chi connectivity index (χ1v) is 7.84. The van der Waals surface area contributed by atoms with E-state index in [9.17, 15) is 8.42 Å². The molecule has 1 aromatic rings. The van der Waals surface area contributed by atoms with Gasteiger partial charge in [0.05, 0.1) is 10.4 Å². The van der Waals surface area contributed by atoms with Crippen molar-refractivity contribution < 1.29 is 8.42 Å². The Morgan fingerprint density at radius 3 is 2.21 bits per heavy atom. The number of rotatable bonds is 4. The number of nitrogens with one attached hydrogen (secondary N) is 1. The highest BCUT2D eigenvalue weighted by molar-refractivity contribution is 7.89. The van der Waals surface area contributed by atoms with Crippen LogP contribution in [0.4, 0.5) is 5.69 Å². The minimum atomic E-state index is -3.36. The fourth-order valence-corrected chi connectivity index (χ4v) is 2.90. The summed E-state index contributed by atoms with van der Waals surface area (Å²) >= 11 is 0. The fraction of sp³-hybridized carbons (Fsp3) is 0.538. The average molecular weight is 283 g/mol. The SMILES string of the molecule is CNS(=O)(=O)c1ccc(N2CC(N)(C(C)C)C2)cc1. The molecule has 0 radical (unpaired) electrons. The Labute approximate surface area is 114 Å². The van der Waals surface area contributed by atoms with Crippen molar-refractivity contribution in [3.05, 3.63) is 24.3 Å². The summed E-state index contributed by atoms with van der Waals surface area (Å²) in [6.45, 7) is 5.87. The zero-order chi connectivity index (χ0) is 14.3. The highest BCUT2D eigenvalue weighted by Crippen LogP contribution is 2.31. The average Bonchev–Trinajstić information content (AvgIpc) is 2.35. The number of sulfonamides is 1. The number of benzene rings is 1. The predicted octanol–water partition coefficient (Wildman–Crippen LogP) is 0.768. The van der Waals surface area contributed by atoms with Crippen LogP contribution in [0, 0.1) is 5.92 Å². The molecule has 0 aromatic heterocycles. The van der Waals surface area contributed by atoms with E-state index in [2.05, 4.69) is 23.5 Å². The Morgan fingerprint density at radius 1 is 1.26 bits per heavy atom. The molecule has 1 aliphatic heterocycles. The van der Waals surface area contributed by atoms with Gasteiger partial charge in [-0.25, -0.2) is 13.1 Å². The van der Waals surface area contributed by atoms with Crippen LogP contribution in [0.5, 0.6) is 0 Å². The summed E-state index contributed by atoms with van der Waals surface area (Å²) in [5.41, 5.74) is 7.13. The van der Waals surface area contributed by atoms with Crippen LogP contribution < -0.4 is 15.4 Å². The summed E-state index contributed by atoms with van der Waals surface area (Å²) in [6, 6.07) is 6.88. The van der Waals surface area contributed by atoms with Gasteiger partial charge < -0.3 is 10.6 Å². The summed E-state index contributed by atoms with van der Waals surface area (Å²) in [4.78, 5) is 2.44. The summed E-state index contributed by atoms with van der Waals surface area (Å²) in [5.74, 6) is 0.438. The Morgan fingerprint density at radius 2 is 1.79 bits per heavy atom. The van der Waals surface area contributed by atoms with Crippen molar-refractivity contribution in [2.75, 3.05) is 25.0 Å². The molecule has 0 spiro atoms. The van der Waals surface area contributed by atoms with Gasteiger partial charge in [0.25, 0.3) is 0 Å². The Hall–Kier alpha value is -1.11. The van der Waals surface area contributed by atoms with Crippen molar-refractivity contribution >= 4 is 15.7 Å². The van der Waals surface area contributed by atoms with Crippen LogP contribution in [-0.2, 0) is 10.0 Å². The molecule has 1 saturated heterocycles. The second-order valence-electron chi connectivity index (χ2n) is 5.45. The molecule has 3 N–H and O–H groups in total. The van der Waals surface area contributed by atoms with Gasteiger partial charge in [-0.3, -0.25) is 0 Å². The quantitative estimate of drug-likeness (QED) is 0.856. The number of anilines is 1. The summed E-state index contributed by atoms with van der Waals surface area (Å²) < 4.78 is 25.5. The second-order valence-corrected chi connectivity index (χ2v) is 7.33. The molecule has 2 rings (SSSR count). The molecule has 106 valence electrons. The molecule has 0 saturated carbocycles. The zero-order valence-electron chi connectivity index (χ0n) is 11.6. The molecular formula is C13H21N3O2S. The fourth-order valence-electron chi connectivity index (χ4n) is 2.17. The maximum atomic E-state index is 11.6. The topological polar surface area (TPSA) is 75.4 Å². The molecular weight excluding hydrogens is 262 g/mol. The predicted molar refractivity (Wildman–Crippen MR) is 76.7 cm³/mol. The maximum Gasteiger partial charge on any atom is 0.240 e. The highest BCUT2D eigenvalue weighted by atomic mass is 32.2. The van der Waals surface area contributed by atoms with Gasteiger partial charge in [-0.05, 0) is 37.2 Å². The van der Waals surface area contributed by atoms with Gasteiger partial charge in [-0.2, -0.15) is 0 Å². The van der Waals surface area contributed by atoms with Crippen LogP contribution in [0.25, 0.3) is 0 Å². The van der Waals surface area contributed by atoms with Crippen molar-refractivity contribution in [1.82, 2.24) is 4.72 Å². The molecule has 19 heavy (non-hydrogen) atoms. The van der Waals surface area contributed by atoms with E-state index >= 15 is 0 Å². The third kappa shape index (κ3) is 2.61. The maximum absolute atomic E-state index is 11.6. The lowest BCUT2D eigenvalue weighted by atomic mass is 9.80. The molecule has 1 aromatic carbocycles. The van der Waals surface area contributed by atoms with Crippen molar-refractivity contribution in [3.63, 3.8) is 0 Å². The normalized spacial score (nSPS) is 18.5. The summed E-state index contributed by atoms with van der Waals surface area (Å²) in [5, 5.41) is 0. The van der Waals surface area contributed by atoms with Crippen LogP contribution >= 0.6 is 0 Å². The van der Waals surface area contributed by atoms with Crippen LogP contribution in [0.15, 0.2) is 29.2 Å². The minimum absolute atomic E-state index is 0.129. The molecule has 0 unspecified atom stereocenters. The van der Waals surface area contributed by atoms with Gasteiger partial charge >= 0.3 is 0 Å². The van der Waals surface area contributed by atoms with E-state index in [-0.39, 0.29) is 10.4 Å². The van der Waals surface area contributed by atoms with Gasteiger partial charge in [0.15, 0.2) is 0 Å². The standard InChI is InChI=1S/C13H21N3O2S/c1-10(2)13(14)8-16(9-13)11-4-6-12(7-5-11)19(17,18)15-3/h4-7,10,15H,8-9,14H2,1-3H3. The van der Waals surface area contributed by atoms with Crippen molar-refractivity contribution in [2.24, 2.45) is 11.7 Å². The Kier molecular flexibility index (Phi) is 3.59. The Balaban J connectivity index is 2.10. The monoisotopic (exact) mass is 283 g/mol. The van der Waals surface area contributed by atoms with Crippen LogP contribution in [0.1, 0.15) is 13.8 Å². The first-order chi connectivity index (χ1) is 8.78. The van der Waals surface area contributed by atoms with E-state index in [1.807, 2.05) is 12.1 Å². The van der Waals surface area contributed by atoms with Gasteiger partial charge in [0.1, 0.15) is 0 Å². The lowest BCUT2D eigenvalue weighted by Crippen LogP contribution is -2.70. The van der Waals surface area contributed by atoms with Crippen LogP contribution in [0.2, 0.25) is 0 Å². The van der Waals surface area contributed by atoms with E-state index in [0.717, 1.165) is 18.8 Å². The van der Waals surface area contributed by atoms with Crippen LogP contribution in [0.3, 0.4) is 0 Å². The molecule has 1 fully saturated rings. The molecule has 0 aliphatic carbocycles. The van der Waals surface area contributed by atoms with Crippen molar-refractivity contribution in [3.8, 4) is 0 Å². The van der Waals surface area contributed by atoms with Crippen molar-refractivity contribution in [1.29, 1.82) is 0 Å². The van der Waals surface area contributed by atoms with E-state index < -0.39 is 10.0 Å². The minimum Gasteiger partial charge on any atom is -0.368 e. The van der Waals surface area contributed by atoms with Gasteiger partial charge in [0, 0.05) is 18.8 Å². The van der Waals surface area contributed by atoms with Crippen molar-refractivity contribution in [2.45, 2.75) is 24.3 Å². The number of hydrogen-bond acceptors (Lipinski definition) is 4. The van der Waals surface area contributed by atoms with E-state index in [1.165, 1.54) is 7.05 Å². The lowest BCUT2D eigenvalue weighted by Gasteiger charge is -2.51. The molecule has 1 heterocycles.